The van der Waals surface area contributed by atoms with E-state index >= 15 is 0 Å². The fourth-order valence-corrected chi connectivity index (χ4v) is 5.62. The number of aliphatic hydroxyl groups is 1. The third-order valence-corrected chi connectivity index (χ3v) is 7.29. The molecule has 3 heterocycles. The van der Waals surface area contributed by atoms with Crippen LogP contribution in [0.15, 0.2) is 45.6 Å². The minimum Gasteiger partial charge on any atom is -0.504 e. The van der Waals surface area contributed by atoms with Crippen molar-refractivity contribution in [1.29, 1.82) is 0 Å². The second kappa shape index (κ2) is 9.02. The molecule has 0 fully saturated rings. The lowest BCUT2D eigenvalue weighted by Gasteiger charge is -2.28. The van der Waals surface area contributed by atoms with Gasteiger partial charge in [-0.05, 0) is 29.8 Å². The predicted molar refractivity (Wildman–Crippen MR) is 145 cm³/mol. The van der Waals surface area contributed by atoms with Crippen LogP contribution in [-0.4, -0.2) is 53.4 Å². The molecule has 0 spiro atoms. The third kappa shape index (κ3) is 3.37. The van der Waals surface area contributed by atoms with Crippen LogP contribution in [0.3, 0.4) is 0 Å². The quantitative estimate of drug-likeness (QED) is 0.185. The largest absolute Gasteiger partial charge is 0.504 e. The van der Waals surface area contributed by atoms with Gasteiger partial charge in [0.1, 0.15) is 17.3 Å². The summed E-state index contributed by atoms with van der Waals surface area (Å²) in [6.45, 7) is 0. The Morgan fingerprint density at radius 2 is 1.57 bits per heavy atom. The van der Waals surface area contributed by atoms with Crippen LogP contribution in [0.4, 0.5) is 0 Å². The molecule has 0 saturated carbocycles. The van der Waals surface area contributed by atoms with Gasteiger partial charge in [0.2, 0.25) is 5.75 Å². The summed E-state index contributed by atoms with van der Waals surface area (Å²) in [7, 11) is 5.84. The van der Waals surface area contributed by atoms with E-state index in [1.54, 1.807) is 12.1 Å². The van der Waals surface area contributed by atoms with E-state index in [9.17, 15) is 25.2 Å². The number of ether oxygens (including phenoxy) is 4. The number of hydrogen-bond acceptors (Lipinski definition) is 10. The fourth-order valence-electron chi connectivity index (χ4n) is 5.62. The lowest BCUT2D eigenvalue weighted by Crippen LogP contribution is -2.21. The number of nitrogens with zero attached hydrogens (tertiary/aromatic N) is 1. The number of aromatic hydroxyl groups is 3. The van der Waals surface area contributed by atoms with Crippen molar-refractivity contribution in [2.75, 3.05) is 28.4 Å². The van der Waals surface area contributed by atoms with Crippen LogP contribution >= 0.6 is 0 Å². The molecule has 1 atom stereocenters. The molecule has 0 unspecified atom stereocenters. The zero-order chi connectivity index (χ0) is 28.5. The van der Waals surface area contributed by atoms with Gasteiger partial charge in [0.25, 0.3) is 0 Å². The second-order valence-corrected chi connectivity index (χ2v) is 9.29. The fraction of sp³-hybridized carbons (Fsp3) is 0.207. The first kappa shape index (κ1) is 25.3. The number of benzene rings is 3. The van der Waals surface area contributed by atoms with E-state index in [-0.39, 0.29) is 40.5 Å². The van der Waals surface area contributed by atoms with E-state index in [1.165, 1.54) is 57.3 Å². The third-order valence-electron chi connectivity index (χ3n) is 7.29. The van der Waals surface area contributed by atoms with Gasteiger partial charge in [0, 0.05) is 39.9 Å². The van der Waals surface area contributed by atoms with E-state index in [4.69, 9.17) is 23.4 Å². The maximum atomic E-state index is 13.5. The molecule has 0 amide bonds. The van der Waals surface area contributed by atoms with Gasteiger partial charge in [0.05, 0.1) is 34.1 Å². The van der Waals surface area contributed by atoms with Crippen molar-refractivity contribution < 1.29 is 43.8 Å². The van der Waals surface area contributed by atoms with Crippen LogP contribution in [0.5, 0.6) is 40.2 Å². The summed E-state index contributed by atoms with van der Waals surface area (Å²) < 4.78 is 29.3. The van der Waals surface area contributed by atoms with Crippen LogP contribution in [0.25, 0.3) is 44.3 Å². The standard InChI is InChI=1S/C29H25NO10/c1-36-20-9-15-19(11-18(20)33)40-29(35)26-24(15)23(12-5-6-16(31)17(32)7-12)25-13-8-21(37-2)28(39-4)27(38-3)14(13)10-22(34)30(25)26/h5-9,11,22,31-34H,10H2,1-4H3/t22-/m1/s1. The van der Waals surface area contributed by atoms with Crippen molar-refractivity contribution >= 4 is 21.9 Å². The van der Waals surface area contributed by atoms with Crippen molar-refractivity contribution in [1.82, 2.24) is 4.57 Å². The van der Waals surface area contributed by atoms with Crippen LogP contribution in [0, 0.1) is 0 Å². The first-order valence-corrected chi connectivity index (χ1v) is 12.2. The van der Waals surface area contributed by atoms with E-state index in [1.807, 2.05) is 0 Å². The normalized spacial score (nSPS) is 14.2. The Morgan fingerprint density at radius 1 is 0.850 bits per heavy atom. The number of methoxy groups -OCH3 is 4. The Labute approximate surface area is 226 Å². The summed E-state index contributed by atoms with van der Waals surface area (Å²) in [4.78, 5) is 13.5. The number of hydrogen-bond donors (Lipinski definition) is 4. The summed E-state index contributed by atoms with van der Waals surface area (Å²) >= 11 is 0. The predicted octanol–water partition coefficient (Wildman–Crippen LogP) is 4.28. The Bertz CT molecular complexity index is 1900. The summed E-state index contributed by atoms with van der Waals surface area (Å²) in [5.74, 6) is 0.261. The molecular weight excluding hydrogens is 522 g/mol. The Balaban J connectivity index is 1.89. The number of phenols is 3. The molecule has 11 heteroatoms. The van der Waals surface area contributed by atoms with Crippen molar-refractivity contribution in [3.63, 3.8) is 0 Å². The van der Waals surface area contributed by atoms with Gasteiger partial charge in [-0.3, -0.25) is 0 Å². The first-order valence-electron chi connectivity index (χ1n) is 12.2. The Morgan fingerprint density at radius 3 is 2.23 bits per heavy atom. The summed E-state index contributed by atoms with van der Waals surface area (Å²) in [6.07, 6.45) is -1.16. The van der Waals surface area contributed by atoms with E-state index in [2.05, 4.69) is 0 Å². The maximum Gasteiger partial charge on any atom is 0.361 e. The summed E-state index contributed by atoms with van der Waals surface area (Å²) in [6, 6.07) is 8.82. The average Bonchev–Trinajstić information content (AvgIpc) is 3.31. The zero-order valence-electron chi connectivity index (χ0n) is 21.9. The van der Waals surface area contributed by atoms with E-state index in [0.717, 1.165) is 0 Å². The molecule has 4 N–H and O–H groups in total. The molecule has 40 heavy (non-hydrogen) atoms. The average molecular weight is 548 g/mol. The highest BCUT2D eigenvalue weighted by molar-refractivity contribution is 6.17. The Kier molecular flexibility index (Phi) is 5.70. The molecule has 6 rings (SSSR count). The van der Waals surface area contributed by atoms with E-state index < -0.39 is 11.9 Å². The molecule has 5 aromatic rings. The highest BCUT2D eigenvalue weighted by Gasteiger charge is 2.36. The number of aliphatic hydroxyl groups excluding tert-OH is 1. The van der Waals surface area contributed by atoms with Gasteiger partial charge in [0.15, 0.2) is 34.5 Å². The zero-order valence-corrected chi connectivity index (χ0v) is 21.9. The van der Waals surface area contributed by atoms with Crippen LogP contribution in [0.1, 0.15) is 11.8 Å². The maximum absolute atomic E-state index is 13.5. The number of rotatable bonds is 5. The number of fused-ring (bicyclic) bond motifs is 7. The van der Waals surface area contributed by atoms with Crippen molar-refractivity contribution in [3.8, 4) is 62.6 Å². The molecule has 0 saturated heterocycles. The minimum absolute atomic E-state index is 0.0599. The molecule has 2 aromatic heterocycles. The molecule has 1 aliphatic rings. The number of phenolic OH excluding ortho intramolecular Hbond substituents is 3. The van der Waals surface area contributed by atoms with Gasteiger partial charge in [-0.15, -0.1) is 0 Å². The SMILES string of the molecule is COc1cc2c(cc1O)oc(=O)c1c2c(-c2ccc(O)c(O)c2)c2n1[C@H](O)Cc1c-2cc(OC)c(OC)c1OC. The highest BCUT2D eigenvalue weighted by Crippen LogP contribution is 2.54. The van der Waals surface area contributed by atoms with Crippen molar-refractivity contribution in [2.45, 2.75) is 12.6 Å². The second-order valence-electron chi connectivity index (χ2n) is 9.29. The molecule has 0 radical (unpaired) electrons. The molecule has 0 aliphatic carbocycles. The van der Waals surface area contributed by atoms with E-state index in [0.29, 0.717) is 56.0 Å². The van der Waals surface area contributed by atoms with Gasteiger partial charge in [-0.2, -0.15) is 0 Å². The topological polar surface area (TPSA) is 153 Å². The number of aromatic nitrogens is 1. The van der Waals surface area contributed by atoms with Crippen molar-refractivity contribution in [3.05, 3.63) is 52.4 Å². The molecule has 0 bridgehead atoms. The van der Waals surface area contributed by atoms with Gasteiger partial charge in [-0.1, -0.05) is 6.07 Å². The van der Waals surface area contributed by atoms with Crippen LogP contribution in [-0.2, 0) is 6.42 Å². The lowest BCUT2D eigenvalue weighted by atomic mass is 9.90. The monoisotopic (exact) mass is 547 g/mol. The van der Waals surface area contributed by atoms with Crippen molar-refractivity contribution in [2.24, 2.45) is 0 Å². The van der Waals surface area contributed by atoms with Gasteiger partial charge < -0.3 is 48.4 Å². The summed E-state index contributed by atoms with van der Waals surface area (Å²) in [5.41, 5.74) is 1.88. The molecule has 3 aromatic carbocycles. The van der Waals surface area contributed by atoms with Crippen LogP contribution < -0.4 is 24.6 Å². The molecule has 11 nitrogen and oxygen atoms in total. The summed E-state index contributed by atoms with van der Waals surface area (Å²) in [5, 5.41) is 43.2. The minimum atomic E-state index is -1.23. The molecule has 206 valence electrons. The van der Waals surface area contributed by atoms with Gasteiger partial charge in [-0.25, -0.2) is 4.79 Å². The smallest absolute Gasteiger partial charge is 0.361 e. The van der Waals surface area contributed by atoms with Gasteiger partial charge >= 0.3 is 5.63 Å². The highest BCUT2D eigenvalue weighted by atomic mass is 16.5. The van der Waals surface area contributed by atoms with Crippen LogP contribution in [0.2, 0.25) is 0 Å². The molecule has 1 aliphatic heterocycles. The Hall–Kier alpha value is -5.03. The first-order chi connectivity index (χ1) is 19.2. The lowest BCUT2D eigenvalue weighted by molar-refractivity contribution is 0.106. The molecular formula is C29H25NO10.